The zero-order valence-electron chi connectivity index (χ0n) is 18.0. The third-order valence-corrected chi connectivity index (χ3v) is 5.59. The van der Waals surface area contributed by atoms with E-state index in [0.717, 1.165) is 27.6 Å². The van der Waals surface area contributed by atoms with Crippen molar-refractivity contribution in [1.82, 2.24) is 10.3 Å². The second-order valence-corrected chi connectivity index (χ2v) is 7.53. The van der Waals surface area contributed by atoms with E-state index in [4.69, 9.17) is 9.47 Å². The van der Waals surface area contributed by atoms with Crippen molar-refractivity contribution < 1.29 is 18.7 Å². The predicted octanol–water partition coefficient (Wildman–Crippen LogP) is 4.82. The summed E-state index contributed by atoms with van der Waals surface area (Å²) in [5.74, 6) is 0.640. The number of benzene rings is 3. The van der Waals surface area contributed by atoms with Crippen LogP contribution in [0.5, 0.6) is 11.5 Å². The number of halogens is 1. The summed E-state index contributed by atoms with van der Waals surface area (Å²) in [5, 5.41) is 4.12. The summed E-state index contributed by atoms with van der Waals surface area (Å²) in [6.45, 7) is 0.366. The number of rotatable bonds is 8. The van der Waals surface area contributed by atoms with E-state index in [-0.39, 0.29) is 24.1 Å². The Morgan fingerprint density at radius 3 is 2.50 bits per heavy atom. The summed E-state index contributed by atoms with van der Waals surface area (Å²) < 4.78 is 24.3. The number of carbonyl (C=O) groups is 1. The molecule has 1 unspecified atom stereocenters. The van der Waals surface area contributed by atoms with Crippen molar-refractivity contribution in [2.24, 2.45) is 0 Å². The van der Waals surface area contributed by atoms with Crippen molar-refractivity contribution in [2.75, 3.05) is 20.8 Å². The lowest BCUT2D eigenvalue weighted by atomic mass is 9.89. The number of amides is 1. The summed E-state index contributed by atoms with van der Waals surface area (Å²) >= 11 is 0. The van der Waals surface area contributed by atoms with Crippen LogP contribution < -0.4 is 14.8 Å². The molecule has 0 aliphatic rings. The Morgan fingerprint density at radius 2 is 1.75 bits per heavy atom. The number of hydrogen-bond acceptors (Lipinski definition) is 3. The quantitative estimate of drug-likeness (QED) is 0.420. The van der Waals surface area contributed by atoms with Crippen molar-refractivity contribution >= 4 is 16.8 Å². The molecule has 0 radical (unpaired) electrons. The van der Waals surface area contributed by atoms with Crippen LogP contribution in [0.25, 0.3) is 10.9 Å². The zero-order chi connectivity index (χ0) is 22.5. The maximum absolute atomic E-state index is 13.2. The van der Waals surface area contributed by atoms with Crippen LogP contribution in [0, 0.1) is 5.82 Å². The van der Waals surface area contributed by atoms with Crippen LogP contribution in [0.4, 0.5) is 4.39 Å². The Kier molecular flexibility index (Phi) is 6.40. The fourth-order valence-electron chi connectivity index (χ4n) is 4.02. The first-order valence-corrected chi connectivity index (χ1v) is 10.4. The topological polar surface area (TPSA) is 63.3 Å². The van der Waals surface area contributed by atoms with E-state index in [0.29, 0.717) is 18.0 Å². The van der Waals surface area contributed by atoms with Gasteiger partial charge in [0.25, 0.3) is 0 Å². The smallest absolute Gasteiger partial charge is 0.224 e. The van der Waals surface area contributed by atoms with Gasteiger partial charge in [-0.2, -0.15) is 0 Å². The normalized spacial score (nSPS) is 11.8. The summed E-state index contributed by atoms with van der Waals surface area (Å²) in [4.78, 5) is 16.0. The first kappa shape index (κ1) is 21.4. The molecule has 4 rings (SSSR count). The minimum absolute atomic E-state index is 0.136. The summed E-state index contributed by atoms with van der Waals surface area (Å²) in [6, 6.07) is 19.8. The van der Waals surface area contributed by atoms with Gasteiger partial charge >= 0.3 is 0 Å². The molecule has 0 saturated carbocycles. The highest BCUT2D eigenvalue weighted by Gasteiger charge is 2.24. The summed E-state index contributed by atoms with van der Waals surface area (Å²) in [5.41, 5.74) is 3.74. The van der Waals surface area contributed by atoms with E-state index in [1.165, 1.54) is 12.1 Å². The number of fused-ring (bicyclic) bond motifs is 1. The van der Waals surface area contributed by atoms with E-state index >= 15 is 0 Å². The number of aromatic nitrogens is 1. The third kappa shape index (κ3) is 4.44. The molecule has 32 heavy (non-hydrogen) atoms. The largest absolute Gasteiger partial charge is 0.493 e. The number of aromatic amines is 1. The van der Waals surface area contributed by atoms with Crippen molar-refractivity contribution in [2.45, 2.75) is 12.3 Å². The van der Waals surface area contributed by atoms with Crippen LogP contribution in [-0.2, 0) is 11.2 Å². The minimum atomic E-state index is -0.321. The zero-order valence-corrected chi connectivity index (χ0v) is 18.0. The number of ether oxygens (including phenoxy) is 2. The van der Waals surface area contributed by atoms with Gasteiger partial charge in [-0.1, -0.05) is 42.5 Å². The van der Waals surface area contributed by atoms with Gasteiger partial charge in [-0.05, 0) is 35.4 Å². The van der Waals surface area contributed by atoms with Crippen LogP contribution in [0.3, 0.4) is 0 Å². The standard InChI is InChI=1S/C26H25FN2O3/c1-31-24-9-5-7-20(26(24)32-2)22(21-15-28-23-8-4-3-6-19(21)23)16-29-25(30)14-17-10-12-18(27)13-11-17/h3-13,15,22,28H,14,16H2,1-2H3,(H,29,30). The van der Waals surface area contributed by atoms with Crippen LogP contribution >= 0.6 is 0 Å². The highest BCUT2D eigenvalue weighted by molar-refractivity contribution is 5.85. The molecule has 0 fully saturated rings. The van der Waals surface area contributed by atoms with Gasteiger partial charge in [0.05, 0.1) is 20.6 Å². The second-order valence-electron chi connectivity index (χ2n) is 7.53. The van der Waals surface area contributed by atoms with Crippen LogP contribution in [0.15, 0.2) is 72.9 Å². The fourth-order valence-corrected chi connectivity index (χ4v) is 4.02. The van der Waals surface area contributed by atoms with E-state index < -0.39 is 0 Å². The van der Waals surface area contributed by atoms with Gasteiger partial charge in [0.15, 0.2) is 11.5 Å². The van der Waals surface area contributed by atoms with Gasteiger partial charge in [-0.3, -0.25) is 4.79 Å². The van der Waals surface area contributed by atoms with Gasteiger partial charge in [0, 0.05) is 35.1 Å². The molecule has 0 spiro atoms. The number of nitrogens with one attached hydrogen (secondary N) is 2. The molecule has 1 atom stereocenters. The number of methoxy groups -OCH3 is 2. The van der Waals surface area contributed by atoms with Gasteiger partial charge < -0.3 is 19.8 Å². The number of para-hydroxylation sites is 2. The Balaban J connectivity index is 1.66. The van der Waals surface area contributed by atoms with Crippen molar-refractivity contribution in [3.63, 3.8) is 0 Å². The maximum atomic E-state index is 13.2. The van der Waals surface area contributed by atoms with Gasteiger partial charge in [-0.15, -0.1) is 0 Å². The lowest BCUT2D eigenvalue weighted by Gasteiger charge is -2.22. The Labute approximate surface area is 186 Å². The SMILES string of the molecule is COc1cccc(C(CNC(=O)Cc2ccc(F)cc2)c2c[nH]c3ccccc23)c1OC. The van der Waals surface area contributed by atoms with Crippen molar-refractivity contribution in [3.05, 3.63) is 95.4 Å². The van der Waals surface area contributed by atoms with Crippen LogP contribution in [-0.4, -0.2) is 31.7 Å². The molecule has 1 aromatic heterocycles. The molecule has 4 aromatic rings. The third-order valence-electron chi connectivity index (χ3n) is 5.59. The Hall–Kier alpha value is -3.80. The Morgan fingerprint density at radius 1 is 0.969 bits per heavy atom. The highest BCUT2D eigenvalue weighted by atomic mass is 19.1. The number of carbonyl (C=O) groups excluding carboxylic acids is 1. The first-order chi connectivity index (χ1) is 15.6. The average Bonchev–Trinajstić information content (AvgIpc) is 3.24. The monoisotopic (exact) mass is 432 g/mol. The van der Waals surface area contributed by atoms with Crippen molar-refractivity contribution in [3.8, 4) is 11.5 Å². The molecule has 0 aliphatic heterocycles. The molecule has 0 saturated heterocycles. The molecular weight excluding hydrogens is 407 g/mol. The van der Waals surface area contributed by atoms with Gasteiger partial charge in [0.2, 0.25) is 5.91 Å². The van der Waals surface area contributed by atoms with Crippen LogP contribution in [0.2, 0.25) is 0 Å². The minimum Gasteiger partial charge on any atom is -0.493 e. The Bertz CT molecular complexity index is 1220. The fraction of sp³-hybridized carbons (Fsp3) is 0.192. The van der Waals surface area contributed by atoms with E-state index in [9.17, 15) is 9.18 Å². The van der Waals surface area contributed by atoms with E-state index in [1.54, 1.807) is 26.4 Å². The summed E-state index contributed by atoms with van der Waals surface area (Å²) in [7, 11) is 3.22. The van der Waals surface area contributed by atoms with E-state index in [2.05, 4.69) is 16.4 Å². The molecule has 164 valence electrons. The second kappa shape index (κ2) is 9.56. The lowest BCUT2D eigenvalue weighted by Crippen LogP contribution is -2.30. The highest BCUT2D eigenvalue weighted by Crippen LogP contribution is 2.40. The molecule has 0 bridgehead atoms. The van der Waals surface area contributed by atoms with Crippen LogP contribution in [0.1, 0.15) is 22.6 Å². The lowest BCUT2D eigenvalue weighted by molar-refractivity contribution is -0.120. The molecule has 1 heterocycles. The first-order valence-electron chi connectivity index (χ1n) is 10.4. The predicted molar refractivity (Wildman–Crippen MR) is 123 cm³/mol. The average molecular weight is 432 g/mol. The maximum Gasteiger partial charge on any atom is 0.224 e. The number of H-pyrrole nitrogens is 1. The van der Waals surface area contributed by atoms with Crippen molar-refractivity contribution in [1.29, 1.82) is 0 Å². The molecule has 0 aliphatic carbocycles. The summed E-state index contributed by atoms with van der Waals surface area (Å²) in [6.07, 6.45) is 2.15. The molecule has 1 amide bonds. The van der Waals surface area contributed by atoms with Gasteiger partial charge in [0.1, 0.15) is 5.82 Å². The molecular formula is C26H25FN2O3. The molecule has 6 heteroatoms. The molecule has 2 N–H and O–H groups in total. The molecule has 3 aromatic carbocycles. The van der Waals surface area contributed by atoms with Gasteiger partial charge in [-0.25, -0.2) is 4.39 Å². The molecule has 5 nitrogen and oxygen atoms in total. The number of hydrogen-bond donors (Lipinski definition) is 2. The van der Waals surface area contributed by atoms with E-state index in [1.807, 2.05) is 42.6 Å².